The molecule has 0 saturated carbocycles. The second-order valence-corrected chi connectivity index (χ2v) is 9.58. The number of halogens is 12. The van der Waals surface area contributed by atoms with E-state index in [-0.39, 0.29) is 0 Å². The summed E-state index contributed by atoms with van der Waals surface area (Å²) in [5, 5.41) is 41.0. The number of alkyl halides is 6. The Morgan fingerprint density at radius 3 is 1.41 bits per heavy atom. The van der Waals surface area contributed by atoms with Gasteiger partial charge in [-0.15, -0.1) is 0 Å². The first kappa shape index (κ1) is 30.4. The lowest BCUT2D eigenvalue weighted by atomic mass is 9.92. The molecule has 2 aromatic rings. The van der Waals surface area contributed by atoms with Gasteiger partial charge in [0.2, 0.25) is 0 Å². The molecular weight excluding hydrogens is 582 g/mol. The predicted molar refractivity (Wildman–Crippen MR) is 106 cm³/mol. The largest absolute Gasteiger partial charge is 0.417 e. The third kappa shape index (κ3) is 5.69. The molecule has 5 nitrogen and oxygen atoms in total. The van der Waals surface area contributed by atoms with Crippen LogP contribution >= 0.6 is 10.2 Å². The molecule has 0 spiro atoms. The molecule has 0 N–H and O–H groups in total. The lowest BCUT2D eigenvalue weighted by Gasteiger charge is -2.41. The summed E-state index contributed by atoms with van der Waals surface area (Å²) in [6.07, 6.45) is -11.6. The normalized spacial score (nSPS) is 14.3. The molecule has 0 bridgehead atoms. The molecule has 0 unspecified atom stereocenters. The Morgan fingerprint density at radius 1 is 0.667 bits per heavy atom. The SMILES string of the molecule is N#CC(C#N)=c1cc(S(F)(F)(F)(F)F)/c(=C(\C#N)c2cc(C(F)(F)F)c(C#N)c(C(F)(F)F)c2)c(C#N)c1F. The van der Waals surface area contributed by atoms with Gasteiger partial charge in [-0.25, -0.2) is 4.39 Å². The van der Waals surface area contributed by atoms with Gasteiger partial charge in [-0.1, -0.05) is 19.4 Å². The van der Waals surface area contributed by atoms with Crippen molar-refractivity contribution in [1.82, 2.24) is 0 Å². The molecule has 0 aliphatic heterocycles. The van der Waals surface area contributed by atoms with Crippen molar-refractivity contribution >= 4 is 21.4 Å². The smallest absolute Gasteiger partial charge is 0.205 e. The minimum Gasteiger partial charge on any atom is -0.205 e. The molecule has 0 aliphatic carbocycles. The first-order chi connectivity index (χ1) is 17.5. The maximum Gasteiger partial charge on any atom is 0.417 e. The summed E-state index contributed by atoms with van der Waals surface area (Å²) in [6.45, 7) is 0. The van der Waals surface area contributed by atoms with Crippen molar-refractivity contribution in [2.24, 2.45) is 0 Å². The zero-order valence-corrected chi connectivity index (χ0v) is 18.7. The number of hydrogen-bond donors (Lipinski definition) is 0. The van der Waals surface area contributed by atoms with Crippen LogP contribution in [0.1, 0.15) is 27.8 Å². The van der Waals surface area contributed by atoms with E-state index in [1.807, 2.05) is 0 Å². The molecule has 2 rings (SSSR count). The van der Waals surface area contributed by atoms with Crippen LogP contribution in [0.2, 0.25) is 0 Å². The molecule has 2 aromatic carbocycles. The fourth-order valence-corrected chi connectivity index (χ4v) is 4.17. The molecule has 0 saturated heterocycles. The summed E-state index contributed by atoms with van der Waals surface area (Å²) < 4.78 is 166. The van der Waals surface area contributed by atoms with Gasteiger partial charge in [0.15, 0.2) is 5.82 Å². The maximum atomic E-state index is 15.0. The summed E-state index contributed by atoms with van der Waals surface area (Å²) >= 11 is 0. The van der Waals surface area contributed by atoms with Crippen LogP contribution in [-0.4, -0.2) is 0 Å². The summed E-state index contributed by atoms with van der Waals surface area (Å²) in [5.74, 6) is -2.29. The first-order valence-corrected chi connectivity index (χ1v) is 11.1. The summed E-state index contributed by atoms with van der Waals surface area (Å²) in [4.78, 5) is -3.35. The van der Waals surface area contributed by atoms with E-state index in [0.29, 0.717) is 18.2 Å². The highest BCUT2D eigenvalue weighted by Crippen LogP contribution is 3.01. The van der Waals surface area contributed by atoms with Crippen LogP contribution in [0.25, 0.3) is 11.1 Å². The predicted octanol–water partition coefficient (Wildman–Crippen LogP) is 6.18. The molecule has 18 heteroatoms. The molecule has 0 amide bonds. The van der Waals surface area contributed by atoms with E-state index in [0.717, 1.165) is 12.1 Å². The van der Waals surface area contributed by atoms with Crippen molar-refractivity contribution in [1.29, 1.82) is 26.3 Å². The lowest BCUT2D eigenvalue weighted by molar-refractivity contribution is -0.143. The van der Waals surface area contributed by atoms with Crippen LogP contribution < -0.4 is 10.4 Å². The highest BCUT2D eigenvalue weighted by molar-refractivity contribution is 8.45. The molecule has 0 fully saturated rings. The third-order valence-corrected chi connectivity index (χ3v) is 5.91. The maximum absolute atomic E-state index is 15.0. The van der Waals surface area contributed by atoms with E-state index in [1.54, 1.807) is 0 Å². The third-order valence-electron chi connectivity index (χ3n) is 4.76. The van der Waals surface area contributed by atoms with Crippen molar-refractivity contribution in [3.63, 3.8) is 0 Å². The molecule has 39 heavy (non-hydrogen) atoms. The van der Waals surface area contributed by atoms with Crippen LogP contribution in [-0.2, 0) is 12.4 Å². The summed E-state index contributed by atoms with van der Waals surface area (Å²) in [7, 11) is -11.2. The Kier molecular flexibility index (Phi) is 6.69. The average molecular weight is 585 g/mol. The van der Waals surface area contributed by atoms with E-state index < -0.39 is 101 Å². The molecule has 0 atom stereocenters. The molecule has 0 aliphatic rings. The van der Waals surface area contributed by atoms with Crippen molar-refractivity contribution in [3.8, 4) is 30.3 Å². The van der Waals surface area contributed by atoms with Crippen LogP contribution in [0.15, 0.2) is 23.1 Å². The van der Waals surface area contributed by atoms with E-state index in [9.17, 15) is 60.7 Å². The zero-order valence-electron chi connectivity index (χ0n) is 17.9. The Morgan fingerprint density at radius 2 is 1.10 bits per heavy atom. The van der Waals surface area contributed by atoms with Crippen molar-refractivity contribution in [2.75, 3.05) is 0 Å². The second-order valence-electron chi connectivity index (χ2n) is 7.21. The fourth-order valence-electron chi connectivity index (χ4n) is 3.24. The van der Waals surface area contributed by atoms with Gasteiger partial charge >= 0.3 is 22.6 Å². The van der Waals surface area contributed by atoms with E-state index >= 15 is 0 Å². The summed E-state index contributed by atoms with van der Waals surface area (Å²) in [5.41, 5.74) is -14.6. The van der Waals surface area contributed by atoms with E-state index in [1.165, 1.54) is 0 Å². The minimum atomic E-state index is -11.2. The van der Waals surface area contributed by atoms with Gasteiger partial charge < -0.3 is 0 Å². The van der Waals surface area contributed by atoms with Gasteiger partial charge in [-0.3, -0.25) is 0 Å². The molecule has 0 aromatic heterocycles. The van der Waals surface area contributed by atoms with Gasteiger partial charge in [0.25, 0.3) is 0 Å². The average Bonchev–Trinajstić information content (AvgIpc) is 2.78. The summed E-state index contributed by atoms with van der Waals surface area (Å²) in [6, 6.07) is 1.95. The fraction of sp³-hybridized carbons (Fsp3) is 0.0952. The molecule has 0 heterocycles. The van der Waals surface area contributed by atoms with Gasteiger partial charge in [-0.2, -0.15) is 52.7 Å². The van der Waals surface area contributed by atoms with Gasteiger partial charge in [0.1, 0.15) is 40.8 Å². The van der Waals surface area contributed by atoms with Gasteiger partial charge in [0, 0.05) is 10.4 Å². The minimum absolute atomic E-state index is 0.448. The number of benzene rings is 2. The monoisotopic (exact) mass is 585 g/mol. The number of hydrogen-bond acceptors (Lipinski definition) is 5. The van der Waals surface area contributed by atoms with Crippen molar-refractivity contribution in [2.45, 2.75) is 17.2 Å². The van der Waals surface area contributed by atoms with E-state index in [4.69, 9.17) is 15.8 Å². The molecule has 0 radical (unpaired) electrons. The van der Waals surface area contributed by atoms with Crippen LogP contribution in [0.3, 0.4) is 0 Å². The van der Waals surface area contributed by atoms with Crippen LogP contribution in [0, 0.1) is 62.5 Å². The van der Waals surface area contributed by atoms with Crippen LogP contribution in [0.5, 0.6) is 0 Å². The van der Waals surface area contributed by atoms with Crippen LogP contribution in [0.4, 0.5) is 50.2 Å². The van der Waals surface area contributed by atoms with Gasteiger partial charge in [-0.05, 0) is 23.8 Å². The Bertz CT molecular complexity index is 1720. The number of nitrogens with zero attached hydrogens (tertiary/aromatic N) is 5. The quantitative estimate of drug-likeness (QED) is 0.390. The number of nitriles is 5. The standard InChI is InChI=1S/C21H3F12N5S/c22-19-11(10(4-34)5-35)3-17(39(29,30,31,32)33)18(14(19)8-38)12(6-36)9-1-15(20(23,24)25)13(7-37)16(2-9)21(26,27)28/h1-3H/b18-12+. The van der Waals surface area contributed by atoms with Crippen molar-refractivity contribution < 1.29 is 50.2 Å². The van der Waals surface area contributed by atoms with Gasteiger partial charge in [0.05, 0.1) is 27.8 Å². The highest BCUT2D eigenvalue weighted by atomic mass is 32.5. The molecular formula is C21H3F12N5S. The van der Waals surface area contributed by atoms with E-state index in [2.05, 4.69) is 0 Å². The first-order valence-electron chi connectivity index (χ1n) is 9.15. The Hall–Kier alpha value is -4.86. The Balaban J connectivity index is 3.59. The highest BCUT2D eigenvalue weighted by Gasteiger charge is 2.66. The second kappa shape index (κ2) is 8.59. The lowest BCUT2D eigenvalue weighted by Crippen LogP contribution is -2.31. The van der Waals surface area contributed by atoms with Crippen molar-refractivity contribution in [3.05, 3.63) is 62.3 Å². The number of rotatable bonds is 2. The Labute approximate surface area is 208 Å². The molecule has 202 valence electrons. The topological polar surface area (TPSA) is 119 Å². The zero-order chi connectivity index (χ0) is 30.4.